The number of carbonyl (C=O) groups is 1. The first-order valence-corrected chi connectivity index (χ1v) is 5.04. The zero-order chi connectivity index (χ0) is 9.68. The first-order valence-electron chi connectivity index (χ1n) is 4.16. The van der Waals surface area contributed by atoms with E-state index in [-0.39, 0.29) is 5.91 Å². The SMILES string of the molecule is CNC(=O)CCC(O)c1cccs1. The summed E-state index contributed by atoms with van der Waals surface area (Å²) in [5, 5.41) is 14.0. The lowest BCUT2D eigenvalue weighted by atomic mass is 10.1. The molecule has 0 aliphatic carbocycles. The fourth-order valence-electron chi connectivity index (χ4n) is 1.02. The molecule has 0 fully saturated rings. The van der Waals surface area contributed by atoms with E-state index in [4.69, 9.17) is 0 Å². The molecule has 13 heavy (non-hydrogen) atoms. The molecular weight excluding hydrogens is 186 g/mol. The van der Waals surface area contributed by atoms with Crippen LogP contribution in [0, 0.1) is 0 Å². The van der Waals surface area contributed by atoms with E-state index in [9.17, 15) is 9.90 Å². The van der Waals surface area contributed by atoms with Gasteiger partial charge in [-0.15, -0.1) is 11.3 Å². The van der Waals surface area contributed by atoms with Crippen LogP contribution in [0.25, 0.3) is 0 Å². The van der Waals surface area contributed by atoms with Gasteiger partial charge in [-0.25, -0.2) is 0 Å². The second-order valence-electron chi connectivity index (χ2n) is 2.74. The van der Waals surface area contributed by atoms with Gasteiger partial charge < -0.3 is 10.4 Å². The zero-order valence-corrected chi connectivity index (χ0v) is 8.30. The van der Waals surface area contributed by atoms with Crippen molar-refractivity contribution in [3.05, 3.63) is 22.4 Å². The molecule has 0 aromatic carbocycles. The van der Waals surface area contributed by atoms with Gasteiger partial charge in [-0.05, 0) is 17.9 Å². The van der Waals surface area contributed by atoms with Gasteiger partial charge in [-0.3, -0.25) is 4.79 Å². The summed E-state index contributed by atoms with van der Waals surface area (Å²) in [6.45, 7) is 0. The van der Waals surface area contributed by atoms with Crippen molar-refractivity contribution < 1.29 is 9.90 Å². The second kappa shape index (κ2) is 4.99. The minimum atomic E-state index is -0.503. The van der Waals surface area contributed by atoms with Crippen molar-refractivity contribution in [1.29, 1.82) is 0 Å². The Morgan fingerprint density at radius 1 is 1.77 bits per heavy atom. The Kier molecular flexibility index (Phi) is 3.92. The Labute approximate surface area is 81.4 Å². The maximum atomic E-state index is 10.9. The molecule has 0 spiro atoms. The van der Waals surface area contributed by atoms with E-state index in [1.807, 2.05) is 17.5 Å². The summed E-state index contributed by atoms with van der Waals surface area (Å²) in [6.07, 6.45) is 0.354. The lowest BCUT2D eigenvalue weighted by Crippen LogP contribution is -2.18. The molecule has 0 bridgehead atoms. The van der Waals surface area contributed by atoms with Crippen LogP contribution in [0.5, 0.6) is 0 Å². The van der Waals surface area contributed by atoms with E-state index in [1.54, 1.807) is 7.05 Å². The molecule has 1 amide bonds. The van der Waals surface area contributed by atoms with E-state index in [1.165, 1.54) is 11.3 Å². The van der Waals surface area contributed by atoms with Crippen LogP contribution in [0.4, 0.5) is 0 Å². The number of rotatable bonds is 4. The van der Waals surface area contributed by atoms with Gasteiger partial charge in [0, 0.05) is 18.3 Å². The van der Waals surface area contributed by atoms with Crippen LogP contribution in [0.1, 0.15) is 23.8 Å². The average Bonchev–Trinajstić information content (AvgIpc) is 2.66. The van der Waals surface area contributed by atoms with Crippen molar-refractivity contribution in [2.75, 3.05) is 7.05 Å². The van der Waals surface area contributed by atoms with E-state index in [0.717, 1.165) is 4.88 Å². The Hall–Kier alpha value is -0.870. The molecule has 0 aliphatic rings. The maximum absolute atomic E-state index is 10.9. The summed E-state index contributed by atoms with van der Waals surface area (Å²) in [5.74, 6) is -0.0318. The van der Waals surface area contributed by atoms with Gasteiger partial charge in [-0.2, -0.15) is 0 Å². The summed E-state index contributed by atoms with van der Waals surface area (Å²) in [4.78, 5) is 11.8. The highest BCUT2D eigenvalue weighted by Crippen LogP contribution is 2.22. The Bertz CT molecular complexity index is 259. The number of nitrogens with one attached hydrogen (secondary N) is 1. The number of aliphatic hydroxyl groups excluding tert-OH is 1. The van der Waals surface area contributed by atoms with Crippen molar-refractivity contribution in [2.45, 2.75) is 18.9 Å². The number of hydrogen-bond donors (Lipinski definition) is 2. The molecule has 1 heterocycles. The normalized spacial score (nSPS) is 12.5. The Morgan fingerprint density at radius 3 is 3.08 bits per heavy atom. The van der Waals surface area contributed by atoms with Crippen molar-refractivity contribution in [2.24, 2.45) is 0 Å². The van der Waals surface area contributed by atoms with Crippen molar-refractivity contribution in [3.8, 4) is 0 Å². The lowest BCUT2D eigenvalue weighted by molar-refractivity contribution is -0.121. The number of carbonyl (C=O) groups excluding carboxylic acids is 1. The number of hydrogen-bond acceptors (Lipinski definition) is 3. The van der Waals surface area contributed by atoms with Crippen LogP contribution in [0.3, 0.4) is 0 Å². The highest BCUT2D eigenvalue weighted by atomic mass is 32.1. The lowest BCUT2D eigenvalue weighted by Gasteiger charge is -2.06. The van der Waals surface area contributed by atoms with Gasteiger partial charge in [0.2, 0.25) is 5.91 Å². The quantitative estimate of drug-likeness (QED) is 0.768. The summed E-state index contributed by atoms with van der Waals surface area (Å²) >= 11 is 1.51. The molecule has 0 saturated carbocycles. The smallest absolute Gasteiger partial charge is 0.219 e. The summed E-state index contributed by atoms with van der Waals surface area (Å²) < 4.78 is 0. The predicted molar refractivity (Wildman–Crippen MR) is 52.6 cm³/mol. The highest BCUT2D eigenvalue weighted by Gasteiger charge is 2.09. The molecule has 1 unspecified atom stereocenters. The summed E-state index contributed by atoms with van der Waals surface area (Å²) in [5.41, 5.74) is 0. The topological polar surface area (TPSA) is 49.3 Å². The maximum Gasteiger partial charge on any atom is 0.219 e. The monoisotopic (exact) mass is 199 g/mol. The Morgan fingerprint density at radius 2 is 2.54 bits per heavy atom. The summed E-state index contributed by atoms with van der Waals surface area (Å²) in [6, 6.07) is 3.77. The molecule has 2 N–H and O–H groups in total. The summed E-state index contributed by atoms with van der Waals surface area (Å²) in [7, 11) is 1.60. The molecular formula is C9H13NO2S. The minimum absolute atomic E-state index is 0.0318. The largest absolute Gasteiger partial charge is 0.388 e. The first-order chi connectivity index (χ1) is 6.24. The molecule has 3 nitrogen and oxygen atoms in total. The van der Waals surface area contributed by atoms with Gasteiger partial charge in [-0.1, -0.05) is 6.07 Å². The van der Waals surface area contributed by atoms with E-state index < -0.39 is 6.10 Å². The first kappa shape index (κ1) is 10.2. The zero-order valence-electron chi connectivity index (χ0n) is 7.49. The molecule has 0 aliphatic heterocycles. The fourth-order valence-corrected chi connectivity index (χ4v) is 1.76. The van der Waals surface area contributed by atoms with Crippen molar-refractivity contribution in [3.63, 3.8) is 0 Å². The number of aliphatic hydroxyl groups is 1. The third-order valence-electron chi connectivity index (χ3n) is 1.80. The molecule has 1 aromatic heterocycles. The number of amides is 1. The van der Waals surface area contributed by atoms with Gasteiger partial charge in [0.1, 0.15) is 0 Å². The molecule has 4 heteroatoms. The van der Waals surface area contributed by atoms with E-state index in [2.05, 4.69) is 5.32 Å². The second-order valence-corrected chi connectivity index (χ2v) is 3.72. The molecule has 0 saturated heterocycles. The minimum Gasteiger partial charge on any atom is -0.388 e. The fraction of sp³-hybridized carbons (Fsp3) is 0.444. The van der Waals surface area contributed by atoms with E-state index >= 15 is 0 Å². The number of thiophene rings is 1. The van der Waals surface area contributed by atoms with Gasteiger partial charge >= 0.3 is 0 Å². The molecule has 0 radical (unpaired) electrons. The molecule has 1 aromatic rings. The predicted octanol–water partition coefficient (Wildman–Crippen LogP) is 1.31. The van der Waals surface area contributed by atoms with Crippen LogP contribution < -0.4 is 5.32 Å². The molecule has 1 rings (SSSR count). The standard InChI is InChI=1S/C9H13NO2S/c1-10-9(12)5-4-7(11)8-3-2-6-13-8/h2-3,6-7,11H,4-5H2,1H3,(H,10,12). The average molecular weight is 199 g/mol. The van der Waals surface area contributed by atoms with Crippen LogP contribution in [-0.2, 0) is 4.79 Å². The van der Waals surface area contributed by atoms with Crippen LogP contribution in [-0.4, -0.2) is 18.1 Å². The van der Waals surface area contributed by atoms with Crippen molar-refractivity contribution >= 4 is 17.2 Å². The van der Waals surface area contributed by atoms with Gasteiger partial charge in [0.15, 0.2) is 0 Å². The molecule has 72 valence electrons. The van der Waals surface area contributed by atoms with Crippen LogP contribution >= 0.6 is 11.3 Å². The third-order valence-corrected chi connectivity index (χ3v) is 2.77. The van der Waals surface area contributed by atoms with Crippen molar-refractivity contribution in [1.82, 2.24) is 5.32 Å². The highest BCUT2D eigenvalue weighted by molar-refractivity contribution is 7.10. The Balaban J connectivity index is 2.34. The van der Waals surface area contributed by atoms with E-state index in [0.29, 0.717) is 12.8 Å². The van der Waals surface area contributed by atoms with Gasteiger partial charge in [0.05, 0.1) is 6.10 Å². The third kappa shape index (κ3) is 3.16. The van der Waals surface area contributed by atoms with Gasteiger partial charge in [0.25, 0.3) is 0 Å². The van der Waals surface area contributed by atoms with Crippen LogP contribution in [0.15, 0.2) is 17.5 Å². The molecule has 1 atom stereocenters. The van der Waals surface area contributed by atoms with Crippen LogP contribution in [0.2, 0.25) is 0 Å².